The van der Waals surface area contributed by atoms with Gasteiger partial charge in [-0.25, -0.2) is 4.39 Å². The van der Waals surface area contributed by atoms with E-state index in [4.69, 9.17) is 0 Å². The Morgan fingerprint density at radius 2 is 1.78 bits per heavy atom. The van der Waals surface area contributed by atoms with E-state index in [2.05, 4.69) is 6.07 Å². The number of benzene rings is 2. The lowest BCUT2D eigenvalue weighted by atomic mass is 10.1. The Bertz CT molecular complexity index is 700. The number of nitrogens with zero attached hydrogens (tertiary/aromatic N) is 2. The van der Waals surface area contributed by atoms with Crippen molar-refractivity contribution in [3.63, 3.8) is 0 Å². The molecule has 0 aliphatic rings. The van der Waals surface area contributed by atoms with Gasteiger partial charge in [-0.3, -0.25) is 4.79 Å². The van der Waals surface area contributed by atoms with Crippen molar-refractivity contribution < 1.29 is 9.18 Å². The molecule has 2 aromatic carbocycles. The van der Waals surface area contributed by atoms with Gasteiger partial charge in [0.1, 0.15) is 5.82 Å². The van der Waals surface area contributed by atoms with E-state index in [1.54, 1.807) is 30.1 Å². The van der Waals surface area contributed by atoms with Crippen molar-refractivity contribution in [1.29, 1.82) is 0 Å². The predicted octanol–water partition coefficient (Wildman–Crippen LogP) is 3.54. The Labute approximate surface area is 137 Å². The third kappa shape index (κ3) is 4.31. The lowest BCUT2D eigenvalue weighted by molar-refractivity contribution is -0.128. The average molecular weight is 314 g/mol. The van der Waals surface area contributed by atoms with Gasteiger partial charge >= 0.3 is 0 Å². The standard InChI is InChI=1S/C19H23FN2O/c1-14-9-10-18(15(2)11-14)21(3)13-19(23)22(4)12-16-7-5-6-8-17(16)20/h5-11H,12-13H2,1-4H3. The van der Waals surface area contributed by atoms with E-state index in [9.17, 15) is 9.18 Å². The van der Waals surface area contributed by atoms with Gasteiger partial charge in [0.15, 0.2) is 0 Å². The Hall–Kier alpha value is -2.36. The number of hydrogen-bond acceptors (Lipinski definition) is 2. The fourth-order valence-electron chi connectivity index (χ4n) is 2.61. The summed E-state index contributed by atoms with van der Waals surface area (Å²) in [5.74, 6) is -0.328. The van der Waals surface area contributed by atoms with Crippen LogP contribution in [0.1, 0.15) is 16.7 Å². The van der Waals surface area contributed by atoms with Crippen LogP contribution in [0.15, 0.2) is 42.5 Å². The lowest BCUT2D eigenvalue weighted by Crippen LogP contribution is -2.36. The zero-order valence-corrected chi connectivity index (χ0v) is 14.1. The Morgan fingerprint density at radius 3 is 2.43 bits per heavy atom. The van der Waals surface area contributed by atoms with Crippen LogP contribution in [-0.2, 0) is 11.3 Å². The molecule has 1 amide bonds. The molecule has 3 nitrogen and oxygen atoms in total. The van der Waals surface area contributed by atoms with Crippen molar-refractivity contribution in [3.8, 4) is 0 Å². The zero-order chi connectivity index (χ0) is 17.0. The minimum absolute atomic E-state index is 0.0456. The molecular formula is C19H23FN2O. The van der Waals surface area contributed by atoms with Crippen molar-refractivity contribution in [3.05, 3.63) is 65.0 Å². The fourth-order valence-corrected chi connectivity index (χ4v) is 2.61. The van der Waals surface area contributed by atoms with Crippen molar-refractivity contribution in [2.75, 3.05) is 25.5 Å². The highest BCUT2D eigenvalue weighted by atomic mass is 19.1. The number of rotatable bonds is 5. The normalized spacial score (nSPS) is 10.5. The highest BCUT2D eigenvalue weighted by Crippen LogP contribution is 2.20. The van der Waals surface area contributed by atoms with Gasteiger partial charge in [0, 0.05) is 31.9 Å². The number of hydrogen-bond donors (Lipinski definition) is 0. The number of anilines is 1. The summed E-state index contributed by atoms with van der Waals surface area (Å²) in [6.45, 7) is 4.61. The quantitative estimate of drug-likeness (QED) is 0.843. The molecule has 0 saturated carbocycles. The van der Waals surface area contributed by atoms with Crippen LogP contribution in [0, 0.1) is 19.7 Å². The van der Waals surface area contributed by atoms with Crippen LogP contribution in [0.25, 0.3) is 0 Å². The van der Waals surface area contributed by atoms with Gasteiger partial charge in [-0.1, -0.05) is 35.9 Å². The maximum absolute atomic E-state index is 13.7. The largest absolute Gasteiger partial charge is 0.365 e. The highest BCUT2D eigenvalue weighted by Gasteiger charge is 2.15. The van der Waals surface area contributed by atoms with E-state index in [-0.39, 0.29) is 24.8 Å². The molecule has 4 heteroatoms. The summed E-state index contributed by atoms with van der Waals surface area (Å²) in [5, 5.41) is 0. The molecule has 0 radical (unpaired) electrons. The van der Waals surface area contributed by atoms with E-state index >= 15 is 0 Å². The Morgan fingerprint density at radius 1 is 1.09 bits per heavy atom. The van der Waals surface area contributed by atoms with Gasteiger partial charge in [0.2, 0.25) is 5.91 Å². The molecular weight excluding hydrogens is 291 g/mol. The van der Waals surface area contributed by atoms with Gasteiger partial charge in [-0.05, 0) is 31.5 Å². The summed E-state index contributed by atoms with van der Waals surface area (Å²) in [6.07, 6.45) is 0. The van der Waals surface area contributed by atoms with Crippen molar-refractivity contribution >= 4 is 11.6 Å². The lowest BCUT2D eigenvalue weighted by Gasteiger charge is -2.25. The summed E-state index contributed by atoms with van der Waals surface area (Å²) in [4.78, 5) is 15.9. The molecule has 0 aliphatic heterocycles. The molecule has 0 heterocycles. The molecule has 0 N–H and O–H groups in total. The third-order valence-corrected chi connectivity index (χ3v) is 3.93. The first-order chi connectivity index (χ1) is 10.9. The minimum atomic E-state index is -0.283. The molecule has 0 saturated heterocycles. The van der Waals surface area contributed by atoms with Gasteiger partial charge in [0.25, 0.3) is 0 Å². The van der Waals surface area contributed by atoms with Crippen molar-refractivity contribution in [2.45, 2.75) is 20.4 Å². The minimum Gasteiger partial charge on any atom is -0.365 e. The Balaban J connectivity index is 2.01. The summed E-state index contributed by atoms with van der Waals surface area (Å²) in [5.41, 5.74) is 3.89. The Kier molecular flexibility index (Phi) is 5.37. The molecule has 2 aromatic rings. The van der Waals surface area contributed by atoms with Gasteiger partial charge < -0.3 is 9.80 Å². The monoisotopic (exact) mass is 314 g/mol. The molecule has 2 rings (SSSR count). The molecule has 0 atom stereocenters. The number of carbonyl (C=O) groups excluding carboxylic acids is 1. The maximum atomic E-state index is 13.7. The molecule has 122 valence electrons. The summed E-state index contributed by atoms with van der Waals surface area (Å²) >= 11 is 0. The van der Waals surface area contributed by atoms with E-state index in [1.165, 1.54) is 11.6 Å². The number of likely N-dealkylation sites (N-methyl/N-ethyl adjacent to an activating group) is 2. The molecule has 0 spiro atoms. The second kappa shape index (κ2) is 7.27. The van der Waals surface area contributed by atoms with Crippen LogP contribution in [0.2, 0.25) is 0 Å². The summed E-state index contributed by atoms with van der Waals surface area (Å²) in [7, 11) is 3.59. The summed E-state index contributed by atoms with van der Waals surface area (Å²) < 4.78 is 13.7. The topological polar surface area (TPSA) is 23.6 Å². The first-order valence-electron chi connectivity index (χ1n) is 7.64. The van der Waals surface area contributed by atoms with Crippen LogP contribution in [0.3, 0.4) is 0 Å². The van der Waals surface area contributed by atoms with Gasteiger partial charge in [0.05, 0.1) is 6.54 Å². The first kappa shape index (κ1) is 17.0. The maximum Gasteiger partial charge on any atom is 0.242 e. The number of halogens is 1. The van der Waals surface area contributed by atoms with E-state index in [0.29, 0.717) is 5.56 Å². The molecule has 0 aliphatic carbocycles. The molecule has 0 fully saturated rings. The average Bonchev–Trinajstić information content (AvgIpc) is 2.49. The van der Waals surface area contributed by atoms with E-state index < -0.39 is 0 Å². The first-order valence-corrected chi connectivity index (χ1v) is 7.64. The second-order valence-electron chi connectivity index (χ2n) is 5.99. The SMILES string of the molecule is Cc1ccc(N(C)CC(=O)N(C)Cc2ccccc2F)c(C)c1. The predicted molar refractivity (Wildman–Crippen MR) is 92.1 cm³/mol. The van der Waals surface area contributed by atoms with Gasteiger partial charge in [-0.2, -0.15) is 0 Å². The van der Waals surface area contributed by atoms with Crippen molar-refractivity contribution in [1.82, 2.24) is 4.90 Å². The van der Waals surface area contributed by atoms with Crippen LogP contribution in [0.5, 0.6) is 0 Å². The number of carbonyl (C=O) groups is 1. The molecule has 0 aromatic heterocycles. The van der Waals surface area contributed by atoms with Crippen LogP contribution in [0.4, 0.5) is 10.1 Å². The van der Waals surface area contributed by atoms with Gasteiger partial charge in [-0.15, -0.1) is 0 Å². The molecule has 23 heavy (non-hydrogen) atoms. The van der Waals surface area contributed by atoms with E-state index in [0.717, 1.165) is 11.3 Å². The van der Waals surface area contributed by atoms with E-state index in [1.807, 2.05) is 37.9 Å². The smallest absolute Gasteiger partial charge is 0.242 e. The van der Waals surface area contributed by atoms with Crippen LogP contribution < -0.4 is 4.90 Å². The molecule has 0 bridgehead atoms. The van der Waals surface area contributed by atoms with Crippen LogP contribution in [-0.4, -0.2) is 31.4 Å². The zero-order valence-electron chi connectivity index (χ0n) is 14.1. The second-order valence-corrected chi connectivity index (χ2v) is 5.99. The number of aryl methyl sites for hydroxylation is 2. The van der Waals surface area contributed by atoms with Crippen LogP contribution >= 0.6 is 0 Å². The summed E-state index contributed by atoms with van der Waals surface area (Å²) in [6, 6.07) is 12.7. The third-order valence-electron chi connectivity index (χ3n) is 3.93. The fraction of sp³-hybridized carbons (Fsp3) is 0.316. The number of amides is 1. The molecule has 0 unspecified atom stereocenters. The highest BCUT2D eigenvalue weighted by molar-refractivity contribution is 5.81. The van der Waals surface area contributed by atoms with Crippen molar-refractivity contribution in [2.24, 2.45) is 0 Å².